The van der Waals surface area contributed by atoms with E-state index in [-0.39, 0.29) is 22.4 Å². The first kappa shape index (κ1) is 22.2. The number of sulfonamides is 1. The number of aryl methyl sites for hydroxylation is 1. The van der Waals surface area contributed by atoms with E-state index in [1.165, 1.54) is 13.2 Å². The van der Waals surface area contributed by atoms with Crippen LogP contribution in [0.2, 0.25) is 0 Å². The van der Waals surface area contributed by atoms with Gasteiger partial charge >= 0.3 is 0 Å². The number of amides is 1. The molecule has 0 bridgehead atoms. The first-order chi connectivity index (χ1) is 14.2. The number of halogens is 1. The molecule has 30 heavy (non-hydrogen) atoms. The van der Waals surface area contributed by atoms with E-state index in [0.29, 0.717) is 11.4 Å². The zero-order chi connectivity index (χ0) is 21.9. The van der Waals surface area contributed by atoms with Crippen LogP contribution in [0.5, 0.6) is 5.75 Å². The first-order valence-electron chi connectivity index (χ1n) is 9.99. The molecule has 0 saturated heterocycles. The normalized spacial score (nSPS) is 19.3. The Morgan fingerprint density at radius 1 is 1.13 bits per heavy atom. The molecule has 2 aromatic carbocycles. The van der Waals surface area contributed by atoms with E-state index in [1.54, 1.807) is 12.1 Å². The summed E-state index contributed by atoms with van der Waals surface area (Å²) in [6, 6.07) is 8.29. The van der Waals surface area contributed by atoms with Crippen LogP contribution in [0, 0.1) is 18.7 Å². The summed E-state index contributed by atoms with van der Waals surface area (Å²) in [7, 11) is -2.42. The summed E-state index contributed by atoms with van der Waals surface area (Å²) in [4.78, 5) is 12.6. The van der Waals surface area contributed by atoms with Crippen LogP contribution in [0.3, 0.4) is 0 Å². The van der Waals surface area contributed by atoms with Gasteiger partial charge in [-0.1, -0.05) is 25.8 Å². The highest BCUT2D eigenvalue weighted by atomic mass is 32.2. The minimum Gasteiger partial charge on any atom is -0.495 e. The summed E-state index contributed by atoms with van der Waals surface area (Å²) in [5, 5.41) is 2.61. The van der Waals surface area contributed by atoms with Crippen molar-refractivity contribution in [2.24, 2.45) is 5.92 Å². The standard InChI is InChI=1S/C22H27FN2O4S/c1-14-8-11-21(29-3)20(12-14)24-22(26)17-13-16(9-10-18(17)23)30(27,28)25-19-7-5-4-6-15(19)2/h8-13,15,19,25H,4-7H2,1-3H3,(H,24,26). The van der Waals surface area contributed by atoms with Crippen molar-refractivity contribution < 1.29 is 22.3 Å². The Hall–Kier alpha value is -2.45. The monoisotopic (exact) mass is 434 g/mol. The van der Waals surface area contributed by atoms with Gasteiger partial charge in [0.1, 0.15) is 11.6 Å². The van der Waals surface area contributed by atoms with Gasteiger partial charge < -0.3 is 10.1 Å². The van der Waals surface area contributed by atoms with E-state index in [4.69, 9.17) is 4.74 Å². The van der Waals surface area contributed by atoms with Crippen molar-refractivity contribution in [3.05, 3.63) is 53.3 Å². The van der Waals surface area contributed by atoms with Crippen molar-refractivity contribution >= 4 is 21.6 Å². The van der Waals surface area contributed by atoms with Crippen molar-refractivity contribution in [2.75, 3.05) is 12.4 Å². The molecule has 3 rings (SSSR count). The Morgan fingerprint density at radius 3 is 2.57 bits per heavy atom. The largest absolute Gasteiger partial charge is 0.495 e. The predicted octanol–water partition coefficient (Wildman–Crippen LogP) is 4.25. The van der Waals surface area contributed by atoms with E-state index in [9.17, 15) is 17.6 Å². The van der Waals surface area contributed by atoms with E-state index >= 15 is 0 Å². The zero-order valence-electron chi connectivity index (χ0n) is 17.4. The number of carbonyl (C=O) groups excluding carboxylic acids is 1. The molecule has 2 aromatic rings. The SMILES string of the molecule is COc1ccc(C)cc1NC(=O)c1cc(S(=O)(=O)NC2CCCCC2C)ccc1F. The van der Waals surface area contributed by atoms with Gasteiger partial charge in [0, 0.05) is 6.04 Å². The number of hydrogen-bond acceptors (Lipinski definition) is 4. The van der Waals surface area contributed by atoms with Crippen LogP contribution in [0.25, 0.3) is 0 Å². The molecule has 1 fully saturated rings. The third-order valence-electron chi connectivity index (χ3n) is 5.51. The number of carbonyl (C=O) groups is 1. The molecule has 2 unspecified atom stereocenters. The van der Waals surface area contributed by atoms with Gasteiger partial charge in [-0.25, -0.2) is 17.5 Å². The fourth-order valence-electron chi connectivity index (χ4n) is 3.71. The highest BCUT2D eigenvalue weighted by Gasteiger charge is 2.28. The summed E-state index contributed by atoms with van der Waals surface area (Å²) < 4.78 is 48.0. The summed E-state index contributed by atoms with van der Waals surface area (Å²) in [6.07, 6.45) is 3.78. The van der Waals surface area contributed by atoms with Gasteiger partial charge in [0.25, 0.3) is 5.91 Å². The van der Waals surface area contributed by atoms with Crippen molar-refractivity contribution in [3.8, 4) is 5.75 Å². The van der Waals surface area contributed by atoms with Crippen LogP contribution < -0.4 is 14.8 Å². The molecule has 1 aliphatic carbocycles. The van der Waals surface area contributed by atoms with Gasteiger partial charge in [-0.05, 0) is 61.6 Å². The molecule has 0 spiro atoms. The van der Waals surface area contributed by atoms with Gasteiger partial charge in [-0.2, -0.15) is 0 Å². The van der Waals surface area contributed by atoms with Gasteiger partial charge in [-0.15, -0.1) is 0 Å². The lowest BCUT2D eigenvalue weighted by Gasteiger charge is -2.29. The molecule has 1 amide bonds. The number of anilines is 1. The van der Waals surface area contributed by atoms with E-state index in [0.717, 1.165) is 43.4 Å². The van der Waals surface area contributed by atoms with Crippen LogP contribution in [0.15, 0.2) is 41.3 Å². The van der Waals surface area contributed by atoms with Crippen LogP contribution in [-0.4, -0.2) is 27.5 Å². The lowest BCUT2D eigenvalue weighted by Crippen LogP contribution is -2.41. The average Bonchev–Trinajstić information content (AvgIpc) is 2.70. The highest BCUT2D eigenvalue weighted by Crippen LogP contribution is 2.28. The number of methoxy groups -OCH3 is 1. The molecule has 0 heterocycles. The Kier molecular flexibility index (Phi) is 6.77. The molecule has 1 aliphatic rings. The molecule has 162 valence electrons. The zero-order valence-corrected chi connectivity index (χ0v) is 18.2. The molecule has 6 nitrogen and oxygen atoms in total. The molecule has 2 N–H and O–H groups in total. The maximum Gasteiger partial charge on any atom is 0.258 e. The average molecular weight is 435 g/mol. The molecule has 0 aromatic heterocycles. The quantitative estimate of drug-likeness (QED) is 0.712. The predicted molar refractivity (Wildman–Crippen MR) is 114 cm³/mol. The van der Waals surface area contributed by atoms with Crippen LogP contribution in [0.1, 0.15) is 48.5 Å². The van der Waals surface area contributed by atoms with Crippen molar-refractivity contribution in [1.82, 2.24) is 4.72 Å². The Balaban J connectivity index is 1.86. The number of benzene rings is 2. The van der Waals surface area contributed by atoms with Crippen molar-refractivity contribution in [3.63, 3.8) is 0 Å². The van der Waals surface area contributed by atoms with Crippen molar-refractivity contribution in [1.29, 1.82) is 0 Å². The third-order valence-corrected chi connectivity index (χ3v) is 7.00. The summed E-state index contributed by atoms with van der Waals surface area (Å²) in [5.41, 5.74) is 0.913. The summed E-state index contributed by atoms with van der Waals surface area (Å²) in [5.74, 6) is -0.903. The molecule has 8 heteroatoms. The lowest BCUT2D eigenvalue weighted by molar-refractivity contribution is 0.102. The second-order valence-electron chi connectivity index (χ2n) is 7.79. The van der Waals surface area contributed by atoms with E-state index in [1.807, 2.05) is 19.9 Å². The fraction of sp³-hybridized carbons (Fsp3) is 0.409. The summed E-state index contributed by atoms with van der Waals surface area (Å²) >= 11 is 0. The van der Waals surface area contributed by atoms with Crippen LogP contribution >= 0.6 is 0 Å². The third kappa shape index (κ3) is 4.99. The fourth-order valence-corrected chi connectivity index (χ4v) is 5.12. The lowest BCUT2D eigenvalue weighted by atomic mass is 9.87. The number of ether oxygens (including phenoxy) is 1. The van der Waals surface area contributed by atoms with E-state index in [2.05, 4.69) is 10.0 Å². The topological polar surface area (TPSA) is 84.5 Å². The molecule has 2 atom stereocenters. The molecule has 0 radical (unpaired) electrons. The van der Waals surface area contributed by atoms with Crippen LogP contribution in [-0.2, 0) is 10.0 Å². The van der Waals surface area contributed by atoms with Gasteiger partial charge in [0.05, 0.1) is 23.3 Å². The second kappa shape index (κ2) is 9.14. The minimum atomic E-state index is -3.88. The number of rotatable bonds is 6. The van der Waals surface area contributed by atoms with Gasteiger partial charge in [0.15, 0.2) is 0 Å². The first-order valence-corrected chi connectivity index (χ1v) is 11.5. The van der Waals surface area contributed by atoms with Gasteiger partial charge in [-0.3, -0.25) is 4.79 Å². The minimum absolute atomic E-state index is 0.136. The smallest absolute Gasteiger partial charge is 0.258 e. The Bertz CT molecular complexity index is 1040. The van der Waals surface area contributed by atoms with Gasteiger partial charge in [0.2, 0.25) is 10.0 Å². The summed E-state index contributed by atoms with van der Waals surface area (Å²) in [6.45, 7) is 3.87. The number of nitrogens with one attached hydrogen (secondary N) is 2. The number of hydrogen-bond donors (Lipinski definition) is 2. The van der Waals surface area contributed by atoms with Crippen molar-refractivity contribution in [2.45, 2.75) is 50.5 Å². The highest BCUT2D eigenvalue weighted by molar-refractivity contribution is 7.89. The molecule has 0 aliphatic heterocycles. The molecular weight excluding hydrogens is 407 g/mol. The molecular formula is C22H27FN2O4S. The van der Waals surface area contributed by atoms with Crippen LogP contribution in [0.4, 0.5) is 10.1 Å². The Labute approximate surface area is 176 Å². The molecule has 1 saturated carbocycles. The maximum atomic E-state index is 14.4. The Morgan fingerprint density at radius 2 is 1.87 bits per heavy atom. The maximum absolute atomic E-state index is 14.4. The van der Waals surface area contributed by atoms with E-state index < -0.39 is 21.7 Å². The second-order valence-corrected chi connectivity index (χ2v) is 9.50.